The van der Waals surface area contributed by atoms with Crippen LogP contribution in [0.5, 0.6) is 0 Å². The molecule has 0 aliphatic heterocycles. The largest absolute Gasteiger partial charge is 1.00 e. The van der Waals surface area contributed by atoms with Crippen molar-refractivity contribution in [2.75, 3.05) is 0 Å². The number of rotatable bonds is 3. The number of aromatic carboxylic acids is 1. The molecule has 114 valence electrons. The van der Waals surface area contributed by atoms with E-state index in [1.54, 1.807) is 18.2 Å². The van der Waals surface area contributed by atoms with Crippen LogP contribution in [0.25, 0.3) is 0 Å². The van der Waals surface area contributed by atoms with Crippen LogP contribution in [0.4, 0.5) is 0 Å². The molecule has 0 fully saturated rings. The fourth-order valence-electron chi connectivity index (χ4n) is 0.717. The van der Waals surface area contributed by atoms with E-state index in [9.17, 15) is 19.5 Å². The fourth-order valence-corrected chi connectivity index (χ4v) is 0.717. The number of benzene rings is 1. The number of carbonyl (C=O) groups is 4. The summed E-state index contributed by atoms with van der Waals surface area (Å²) in [6.07, 6.45) is 1.12. The van der Waals surface area contributed by atoms with Gasteiger partial charge in [0.05, 0.1) is 5.97 Å². The van der Waals surface area contributed by atoms with Crippen molar-refractivity contribution in [1.29, 1.82) is 0 Å². The van der Waals surface area contributed by atoms with Crippen molar-refractivity contribution in [2.24, 2.45) is 0 Å². The van der Waals surface area contributed by atoms with Gasteiger partial charge in [0.25, 0.3) is 0 Å². The van der Waals surface area contributed by atoms with Crippen molar-refractivity contribution in [3.8, 4) is 0 Å². The van der Waals surface area contributed by atoms with Gasteiger partial charge < -0.3 is 30.0 Å². The number of carboxylic acid groups (broad SMARTS) is 4. The third kappa shape index (κ3) is 29.5. The van der Waals surface area contributed by atoms with Crippen molar-refractivity contribution >= 4 is 23.9 Å². The quantitative estimate of drug-likeness (QED) is 0.405. The summed E-state index contributed by atoms with van der Waals surface area (Å²) in [4.78, 5) is 38.1. The first kappa shape index (κ1) is 29.8. The normalized spacial score (nSPS) is 7.87. The maximum absolute atomic E-state index is 10.1. The standard InChI is InChI=1S/C7H6O2.C4H4O4.C2H4O2.2Na/c8-7(9)6-4-2-1-3-5-6;5-3(6)1-2-4(7)8;1-2(3)4;;/h1-5H,(H,8,9);1-2H,(H,5,6)(H,7,8);1H3,(H,3,4);;/q;;;2*+1/p-2/b;2-1+;;;. The van der Waals surface area contributed by atoms with Crippen LogP contribution in [0, 0.1) is 0 Å². The first-order valence-electron chi connectivity index (χ1n) is 5.24. The van der Waals surface area contributed by atoms with E-state index in [0.717, 1.165) is 6.92 Å². The Morgan fingerprint density at radius 3 is 1.35 bits per heavy atom. The number of carbonyl (C=O) groups excluding carboxylic acids is 2. The smallest absolute Gasteiger partial charge is 0.550 e. The van der Waals surface area contributed by atoms with Crippen LogP contribution in [0.3, 0.4) is 0 Å². The van der Waals surface area contributed by atoms with E-state index in [-0.39, 0.29) is 64.7 Å². The Morgan fingerprint density at radius 1 is 0.870 bits per heavy atom. The van der Waals surface area contributed by atoms with Gasteiger partial charge in [0, 0.05) is 18.1 Å². The molecule has 0 bridgehead atoms. The van der Waals surface area contributed by atoms with E-state index in [1.807, 2.05) is 0 Å². The monoisotopic (exact) mass is 342 g/mol. The Bertz CT molecular complexity index is 494. The van der Waals surface area contributed by atoms with E-state index in [1.165, 1.54) is 12.1 Å². The van der Waals surface area contributed by atoms with E-state index in [4.69, 9.17) is 20.1 Å². The predicted molar refractivity (Wildman–Crippen MR) is 65.9 cm³/mol. The molecule has 1 rings (SSSR count). The van der Waals surface area contributed by atoms with E-state index >= 15 is 0 Å². The van der Waals surface area contributed by atoms with Gasteiger partial charge in [-0.3, -0.25) is 0 Å². The molecule has 10 heteroatoms. The van der Waals surface area contributed by atoms with Crippen molar-refractivity contribution < 1.29 is 98.7 Å². The Labute approximate surface area is 176 Å². The van der Waals surface area contributed by atoms with Crippen molar-refractivity contribution in [1.82, 2.24) is 0 Å². The summed E-state index contributed by atoms with van der Waals surface area (Å²) in [5.41, 5.74) is 0.220. The third-order valence-electron chi connectivity index (χ3n) is 1.38. The summed E-state index contributed by atoms with van der Waals surface area (Å²) in [5.74, 6) is -4.73. The molecule has 0 aliphatic rings. The van der Waals surface area contributed by atoms with Crippen LogP contribution in [-0.2, 0) is 14.4 Å². The zero-order valence-corrected chi connectivity index (χ0v) is 16.9. The summed E-state index contributed by atoms with van der Waals surface area (Å²) in [6, 6.07) is 8.06. The SMILES string of the molecule is CC(=O)[O-].O=C(O)/C=C/C(=O)O.O=C([O-])c1ccccc1.[Na+].[Na+]. The second kappa shape index (κ2) is 18.9. The minimum absolute atomic E-state index is 0. The number of aliphatic carboxylic acids is 3. The van der Waals surface area contributed by atoms with E-state index < -0.39 is 23.9 Å². The maximum Gasteiger partial charge on any atom is 1.00 e. The molecular weight excluding hydrogens is 330 g/mol. The Kier molecular flexibility index (Phi) is 24.5. The number of carboxylic acids is 4. The molecule has 2 N–H and O–H groups in total. The Morgan fingerprint density at radius 2 is 1.17 bits per heavy atom. The molecule has 0 radical (unpaired) electrons. The molecule has 1 aromatic carbocycles. The molecule has 0 aliphatic carbocycles. The average molecular weight is 342 g/mol. The van der Waals surface area contributed by atoms with Gasteiger partial charge in [-0.2, -0.15) is 0 Å². The molecule has 0 heterocycles. The van der Waals surface area contributed by atoms with Gasteiger partial charge in [-0.05, 0) is 12.5 Å². The predicted octanol–water partition coefficient (Wildman–Crippen LogP) is -7.47. The Hall–Kier alpha value is -1.16. The van der Waals surface area contributed by atoms with Gasteiger partial charge in [-0.1, -0.05) is 30.3 Å². The number of hydrogen-bond donors (Lipinski definition) is 2. The first-order chi connectivity index (χ1) is 9.66. The molecule has 0 unspecified atom stereocenters. The third-order valence-corrected chi connectivity index (χ3v) is 1.38. The van der Waals surface area contributed by atoms with Crippen LogP contribution in [-0.4, -0.2) is 34.1 Å². The summed E-state index contributed by atoms with van der Waals surface area (Å²) in [6.45, 7) is 0.972. The van der Waals surface area contributed by atoms with Crippen LogP contribution in [0.2, 0.25) is 0 Å². The molecule has 1 aromatic rings. The zero-order chi connectivity index (χ0) is 16.8. The molecule has 0 amide bonds. The molecule has 0 aromatic heterocycles. The summed E-state index contributed by atoms with van der Waals surface area (Å²) < 4.78 is 0. The van der Waals surface area contributed by atoms with Crippen LogP contribution >= 0.6 is 0 Å². The fraction of sp³-hybridized carbons (Fsp3) is 0.0769. The van der Waals surface area contributed by atoms with E-state index in [2.05, 4.69) is 0 Å². The minimum atomic E-state index is -1.26. The van der Waals surface area contributed by atoms with Gasteiger partial charge >= 0.3 is 71.1 Å². The molecule has 0 spiro atoms. The van der Waals surface area contributed by atoms with E-state index in [0.29, 0.717) is 12.2 Å². The first-order valence-corrected chi connectivity index (χ1v) is 5.24. The maximum atomic E-state index is 10.1. The van der Waals surface area contributed by atoms with Crippen molar-refractivity contribution in [3.63, 3.8) is 0 Å². The van der Waals surface area contributed by atoms with Crippen LogP contribution < -0.4 is 69.3 Å². The second-order valence-corrected chi connectivity index (χ2v) is 3.15. The van der Waals surface area contributed by atoms with Gasteiger partial charge in [0.2, 0.25) is 0 Å². The van der Waals surface area contributed by atoms with Gasteiger partial charge in [-0.25, -0.2) is 9.59 Å². The topological polar surface area (TPSA) is 155 Å². The summed E-state index contributed by atoms with van der Waals surface area (Å²) >= 11 is 0. The van der Waals surface area contributed by atoms with Crippen molar-refractivity contribution in [2.45, 2.75) is 6.92 Å². The minimum Gasteiger partial charge on any atom is -0.550 e. The van der Waals surface area contributed by atoms with Gasteiger partial charge in [-0.15, -0.1) is 0 Å². The molecule has 0 atom stereocenters. The summed E-state index contributed by atoms with van der Waals surface area (Å²) in [5, 5.41) is 34.6. The van der Waals surface area contributed by atoms with Crippen LogP contribution in [0.1, 0.15) is 17.3 Å². The Balaban J connectivity index is -0.000000120. The molecular formula is C13H12Na2O8. The zero-order valence-electron chi connectivity index (χ0n) is 12.9. The number of hydrogen-bond acceptors (Lipinski definition) is 6. The molecule has 23 heavy (non-hydrogen) atoms. The van der Waals surface area contributed by atoms with Crippen LogP contribution in [0.15, 0.2) is 42.5 Å². The molecule has 0 saturated carbocycles. The molecule has 8 nitrogen and oxygen atoms in total. The van der Waals surface area contributed by atoms with Gasteiger partial charge in [0.15, 0.2) is 0 Å². The van der Waals surface area contributed by atoms with Gasteiger partial charge in [0.1, 0.15) is 0 Å². The average Bonchev–Trinajstić information content (AvgIpc) is 2.37. The second-order valence-electron chi connectivity index (χ2n) is 3.15. The summed E-state index contributed by atoms with van der Waals surface area (Å²) in [7, 11) is 0. The van der Waals surface area contributed by atoms with Crippen molar-refractivity contribution in [3.05, 3.63) is 48.0 Å². The molecule has 0 saturated heterocycles.